The van der Waals surface area contributed by atoms with E-state index < -0.39 is 0 Å². The average molecular weight is 278 g/mol. The molecule has 1 saturated heterocycles. The fourth-order valence-corrected chi connectivity index (χ4v) is 2.86. The molecule has 0 aromatic heterocycles. The predicted molar refractivity (Wildman–Crippen MR) is 77.8 cm³/mol. The van der Waals surface area contributed by atoms with Crippen molar-refractivity contribution < 1.29 is 9.18 Å². The van der Waals surface area contributed by atoms with Crippen molar-refractivity contribution in [3.8, 4) is 0 Å². The van der Waals surface area contributed by atoms with E-state index in [1.54, 1.807) is 30.1 Å². The molecule has 0 radical (unpaired) electrons. The molecule has 20 heavy (non-hydrogen) atoms. The largest absolute Gasteiger partial charge is 0.339 e. The highest BCUT2D eigenvalue weighted by atomic mass is 19.1. The summed E-state index contributed by atoms with van der Waals surface area (Å²) in [7, 11) is 1.77. The Bertz CT molecular complexity index is 477. The minimum Gasteiger partial charge on any atom is -0.339 e. The molecule has 3 unspecified atom stereocenters. The zero-order valence-corrected chi connectivity index (χ0v) is 12.4. The van der Waals surface area contributed by atoms with E-state index in [-0.39, 0.29) is 23.7 Å². The summed E-state index contributed by atoms with van der Waals surface area (Å²) < 4.78 is 13.8. The van der Waals surface area contributed by atoms with Crippen molar-refractivity contribution in [1.29, 1.82) is 0 Å². The van der Waals surface area contributed by atoms with Gasteiger partial charge in [-0.15, -0.1) is 0 Å². The molecule has 0 bridgehead atoms. The third kappa shape index (κ3) is 3.18. The molecular formula is C16H23FN2O. The second kappa shape index (κ2) is 6.35. The first-order valence-electron chi connectivity index (χ1n) is 7.25. The van der Waals surface area contributed by atoms with Gasteiger partial charge in [-0.25, -0.2) is 4.39 Å². The fourth-order valence-electron chi connectivity index (χ4n) is 2.86. The standard InChI is InChI=1S/C16H23FN2O/c1-11-10-13(8-9-18-11)16(20)19(3)12(2)14-6-4-5-7-15(14)17/h4-7,11-13,18H,8-10H2,1-3H3. The van der Waals surface area contributed by atoms with Crippen molar-refractivity contribution in [1.82, 2.24) is 10.2 Å². The third-order valence-corrected chi connectivity index (χ3v) is 4.26. The Labute approximate surface area is 120 Å². The van der Waals surface area contributed by atoms with Gasteiger partial charge >= 0.3 is 0 Å². The molecule has 3 atom stereocenters. The Morgan fingerprint density at radius 1 is 1.45 bits per heavy atom. The van der Waals surface area contributed by atoms with Gasteiger partial charge in [-0.05, 0) is 39.3 Å². The maximum absolute atomic E-state index is 13.8. The summed E-state index contributed by atoms with van der Waals surface area (Å²) in [5.41, 5.74) is 0.574. The molecule has 0 spiro atoms. The number of rotatable bonds is 3. The number of hydrogen-bond acceptors (Lipinski definition) is 2. The Kier molecular flexibility index (Phi) is 4.76. The van der Waals surface area contributed by atoms with Crippen molar-refractivity contribution >= 4 is 5.91 Å². The zero-order chi connectivity index (χ0) is 14.7. The third-order valence-electron chi connectivity index (χ3n) is 4.26. The molecule has 2 rings (SSSR count). The molecule has 4 heteroatoms. The van der Waals surface area contributed by atoms with Crippen LogP contribution in [0.1, 0.15) is 38.3 Å². The van der Waals surface area contributed by atoms with Gasteiger partial charge in [0.1, 0.15) is 5.82 Å². The fraction of sp³-hybridized carbons (Fsp3) is 0.562. The number of piperidine rings is 1. The zero-order valence-electron chi connectivity index (χ0n) is 12.4. The molecule has 1 aromatic rings. The SMILES string of the molecule is CC1CC(C(=O)N(C)C(C)c2ccccc2F)CCN1. The van der Waals surface area contributed by atoms with Crippen LogP contribution >= 0.6 is 0 Å². The summed E-state index contributed by atoms with van der Waals surface area (Å²) in [4.78, 5) is 14.2. The Balaban J connectivity index is 2.08. The topological polar surface area (TPSA) is 32.3 Å². The van der Waals surface area contributed by atoms with Crippen molar-refractivity contribution in [3.05, 3.63) is 35.6 Å². The molecule has 1 aliphatic rings. The molecule has 0 saturated carbocycles. The summed E-state index contributed by atoms with van der Waals surface area (Å²) in [5.74, 6) is -0.0853. The summed E-state index contributed by atoms with van der Waals surface area (Å²) in [6.45, 7) is 4.85. The number of nitrogens with zero attached hydrogens (tertiary/aromatic N) is 1. The molecule has 1 fully saturated rings. The van der Waals surface area contributed by atoms with Gasteiger partial charge in [-0.1, -0.05) is 18.2 Å². The van der Waals surface area contributed by atoms with Gasteiger partial charge in [0.25, 0.3) is 0 Å². The van der Waals surface area contributed by atoms with Crippen LogP contribution in [-0.4, -0.2) is 30.4 Å². The summed E-state index contributed by atoms with van der Waals surface area (Å²) >= 11 is 0. The summed E-state index contributed by atoms with van der Waals surface area (Å²) in [6, 6.07) is 6.79. The Hall–Kier alpha value is -1.42. The molecule has 1 amide bonds. The number of halogens is 1. The van der Waals surface area contributed by atoms with Crippen LogP contribution in [0.5, 0.6) is 0 Å². The van der Waals surface area contributed by atoms with E-state index in [1.165, 1.54) is 6.07 Å². The summed E-state index contributed by atoms with van der Waals surface area (Å²) in [5, 5.41) is 3.35. The van der Waals surface area contributed by atoms with Gasteiger partial charge < -0.3 is 10.2 Å². The van der Waals surface area contributed by atoms with Crippen LogP contribution in [0.4, 0.5) is 4.39 Å². The van der Waals surface area contributed by atoms with Crippen LogP contribution < -0.4 is 5.32 Å². The van der Waals surface area contributed by atoms with Crippen LogP contribution in [0, 0.1) is 11.7 Å². The molecule has 110 valence electrons. The van der Waals surface area contributed by atoms with E-state index >= 15 is 0 Å². The number of benzene rings is 1. The van der Waals surface area contributed by atoms with E-state index in [9.17, 15) is 9.18 Å². The van der Waals surface area contributed by atoms with Crippen LogP contribution in [-0.2, 0) is 4.79 Å². The molecule has 3 nitrogen and oxygen atoms in total. The number of carbonyl (C=O) groups is 1. The van der Waals surface area contributed by atoms with Crippen LogP contribution in [0.2, 0.25) is 0 Å². The minimum absolute atomic E-state index is 0.0467. The molecule has 0 aliphatic carbocycles. The summed E-state index contributed by atoms with van der Waals surface area (Å²) in [6.07, 6.45) is 1.71. The quantitative estimate of drug-likeness (QED) is 0.922. The van der Waals surface area contributed by atoms with Crippen molar-refractivity contribution in [2.45, 2.75) is 38.8 Å². The molecule has 1 aliphatic heterocycles. The number of carbonyl (C=O) groups excluding carboxylic acids is 1. The maximum Gasteiger partial charge on any atom is 0.226 e. The first kappa shape index (κ1) is 15.0. The first-order chi connectivity index (χ1) is 9.50. The second-order valence-corrected chi connectivity index (χ2v) is 5.72. The van der Waals surface area contributed by atoms with Crippen LogP contribution in [0.15, 0.2) is 24.3 Å². The highest BCUT2D eigenvalue weighted by molar-refractivity contribution is 5.79. The van der Waals surface area contributed by atoms with Gasteiger partial charge in [0.15, 0.2) is 0 Å². The first-order valence-corrected chi connectivity index (χ1v) is 7.25. The highest BCUT2D eigenvalue weighted by Crippen LogP contribution is 2.26. The number of hydrogen-bond donors (Lipinski definition) is 1. The van der Waals surface area contributed by atoms with Crippen molar-refractivity contribution in [2.24, 2.45) is 5.92 Å². The Morgan fingerprint density at radius 3 is 2.80 bits per heavy atom. The van der Waals surface area contributed by atoms with Crippen LogP contribution in [0.25, 0.3) is 0 Å². The number of amides is 1. The van der Waals surface area contributed by atoms with E-state index in [4.69, 9.17) is 0 Å². The maximum atomic E-state index is 13.8. The monoisotopic (exact) mass is 278 g/mol. The average Bonchev–Trinajstić information content (AvgIpc) is 2.45. The van der Waals surface area contributed by atoms with E-state index in [0.29, 0.717) is 11.6 Å². The second-order valence-electron chi connectivity index (χ2n) is 5.72. The predicted octanol–water partition coefficient (Wildman–Crippen LogP) is 2.73. The van der Waals surface area contributed by atoms with Crippen molar-refractivity contribution in [2.75, 3.05) is 13.6 Å². The highest BCUT2D eigenvalue weighted by Gasteiger charge is 2.29. The lowest BCUT2D eigenvalue weighted by Gasteiger charge is -2.33. The van der Waals surface area contributed by atoms with E-state index in [0.717, 1.165) is 19.4 Å². The minimum atomic E-state index is -0.252. The van der Waals surface area contributed by atoms with Gasteiger partial charge in [-0.3, -0.25) is 4.79 Å². The molecule has 1 N–H and O–H groups in total. The molecule has 1 aromatic carbocycles. The lowest BCUT2D eigenvalue weighted by atomic mass is 9.91. The lowest BCUT2D eigenvalue weighted by molar-refractivity contribution is -0.137. The lowest BCUT2D eigenvalue weighted by Crippen LogP contribution is -2.43. The van der Waals surface area contributed by atoms with Gasteiger partial charge in [0, 0.05) is 24.6 Å². The Morgan fingerprint density at radius 2 is 2.15 bits per heavy atom. The molecular weight excluding hydrogens is 255 g/mol. The van der Waals surface area contributed by atoms with E-state index in [2.05, 4.69) is 12.2 Å². The van der Waals surface area contributed by atoms with Crippen LogP contribution in [0.3, 0.4) is 0 Å². The normalized spacial score (nSPS) is 24.2. The van der Waals surface area contributed by atoms with Gasteiger partial charge in [0.2, 0.25) is 5.91 Å². The molecule has 1 heterocycles. The smallest absolute Gasteiger partial charge is 0.226 e. The van der Waals surface area contributed by atoms with Gasteiger partial charge in [-0.2, -0.15) is 0 Å². The van der Waals surface area contributed by atoms with Crippen molar-refractivity contribution in [3.63, 3.8) is 0 Å². The van der Waals surface area contributed by atoms with Gasteiger partial charge in [0.05, 0.1) is 6.04 Å². The number of nitrogens with one attached hydrogen (secondary N) is 1. The van der Waals surface area contributed by atoms with E-state index in [1.807, 2.05) is 6.92 Å².